The van der Waals surface area contributed by atoms with Crippen LogP contribution in [-0.2, 0) is 16.4 Å². The number of nitrogens with one attached hydrogen (secondary N) is 2. The molecule has 1 rings (SSSR count). The van der Waals surface area contributed by atoms with Crippen molar-refractivity contribution >= 4 is 21.7 Å². The molecule has 0 saturated heterocycles. The molecule has 108 valence electrons. The Bertz CT molecular complexity index is 504. The first-order valence-corrected chi connectivity index (χ1v) is 8.01. The molecule has 0 unspecified atom stereocenters. The van der Waals surface area contributed by atoms with Crippen LogP contribution in [0.5, 0.6) is 0 Å². The number of rotatable bonds is 8. The summed E-state index contributed by atoms with van der Waals surface area (Å²) in [5.74, 6) is 1.31. The van der Waals surface area contributed by atoms with Gasteiger partial charge in [-0.15, -0.1) is 0 Å². The van der Waals surface area contributed by atoms with E-state index in [0.717, 1.165) is 30.8 Å². The molecule has 0 aliphatic heterocycles. The van der Waals surface area contributed by atoms with Gasteiger partial charge in [-0.3, -0.25) is 0 Å². The highest BCUT2D eigenvalue weighted by Gasteiger charge is 2.10. The summed E-state index contributed by atoms with van der Waals surface area (Å²) in [7, 11) is -3.46. The number of hydrogen-bond acceptors (Lipinski definition) is 6. The van der Waals surface area contributed by atoms with Crippen molar-refractivity contribution in [1.29, 1.82) is 0 Å². The highest BCUT2D eigenvalue weighted by Crippen LogP contribution is 2.20. The van der Waals surface area contributed by atoms with Gasteiger partial charge < -0.3 is 10.6 Å². The van der Waals surface area contributed by atoms with Gasteiger partial charge in [0.05, 0.1) is 5.75 Å². The standard InChI is InChI=1S/C11H21N5O2S/c1-3-5-13-10-9(4-2)11(16-8-15-10)14-6-7-19(12,17)18/h8H,3-7H2,1-2H3,(H2,12,17,18)(H2,13,14,15,16). The first-order chi connectivity index (χ1) is 8.98. The Kier molecular flexibility index (Phi) is 5.97. The monoisotopic (exact) mass is 287 g/mol. The smallest absolute Gasteiger partial charge is 0.210 e. The van der Waals surface area contributed by atoms with Crippen molar-refractivity contribution in [3.05, 3.63) is 11.9 Å². The van der Waals surface area contributed by atoms with E-state index in [1.165, 1.54) is 6.33 Å². The lowest BCUT2D eigenvalue weighted by atomic mass is 10.2. The van der Waals surface area contributed by atoms with Crippen molar-refractivity contribution < 1.29 is 8.42 Å². The molecular weight excluding hydrogens is 266 g/mol. The highest BCUT2D eigenvalue weighted by molar-refractivity contribution is 7.89. The molecule has 1 aromatic heterocycles. The summed E-state index contributed by atoms with van der Waals surface area (Å²) in [6, 6.07) is 0. The van der Waals surface area contributed by atoms with Crippen molar-refractivity contribution in [3.8, 4) is 0 Å². The van der Waals surface area contributed by atoms with Gasteiger partial charge in [0.2, 0.25) is 10.0 Å². The maximum Gasteiger partial charge on any atom is 0.210 e. The van der Waals surface area contributed by atoms with Crippen LogP contribution in [-0.4, -0.2) is 37.2 Å². The molecule has 0 amide bonds. The number of primary sulfonamides is 1. The number of hydrogen-bond donors (Lipinski definition) is 3. The first kappa shape index (κ1) is 15.6. The third-order valence-electron chi connectivity index (χ3n) is 2.52. The Hall–Kier alpha value is -1.41. The van der Waals surface area contributed by atoms with Crippen molar-refractivity contribution in [2.24, 2.45) is 5.14 Å². The SMILES string of the molecule is CCCNc1ncnc(NCCS(N)(=O)=O)c1CC. The summed E-state index contributed by atoms with van der Waals surface area (Å²) < 4.78 is 21.8. The minimum absolute atomic E-state index is 0.127. The Morgan fingerprint density at radius 2 is 1.74 bits per heavy atom. The number of aromatic nitrogens is 2. The highest BCUT2D eigenvalue weighted by atomic mass is 32.2. The lowest BCUT2D eigenvalue weighted by Gasteiger charge is -2.13. The molecule has 0 spiro atoms. The van der Waals surface area contributed by atoms with Crippen LogP contribution in [0.2, 0.25) is 0 Å². The fourth-order valence-corrected chi connectivity index (χ4v) is 1.99. The lowest BCUT2D eigenvalue weighted by Crippen LogP contribution is -2.23. The van der Waals surface area contributed by atoms with E-state index >= 15 is 0 Å². The van der Waals surface area contributed by atoms with Gasteiger partial charge in [0, 0.05) is 18.7 Å². The molecule has 0 fully saturated rings. The Morgan fingerprint density at radius 3 is 2.21 bits per heavy atom. The van der Waals surface area contributed by atoms with E-state index in [0.29, 0.717) is 5.82 Å². The lowest BCUT2D eigenvalue weighted by molar-refractivity contribution is 0.598. The summed E-state index contributed by atoms with van der Waals surface area (Å²) in [6.07, 6.45) is 3.21. The largest absolute Gasteiger partial charge is 0.370 e. The third-order valence-corrected chi connectivity index (χ3v) is 3.29. The second-order valence-electron chi connectivity index (χ2n) is 4.12. The molecule has 0 aliphatic carbocycles. The van der Waals surface area contributed by atoms with Gasteiger partial charge in [0.1, 0.15) is 18.0 Å². The van der Waals surface area contributed by atoms with Gasteiger partial charge in [-0.05, 0) is 12.8 Å². The van der Waals surface area contributed by atoms with Crippen LogP contribution in [0, 0.1) is 0 Å². The van der Waals surface area contributed by atoms with Crippen LogP contribution in [0.3, 0.4) is 0 Å². The zero-order valence-corrected chi connectivity index (χ0v) is 12.1. The van der Waals surface area contributed by atoms with Crippen molar-refractivity contribution in [2.75, 3.05) is 29.5 Å². The molecule has 0 atom stereocenters. The van der Waals surface area contributed by atoms with E-state index in [2.05, 4.69) is 27.5 Å². The first-order valence-electron chi connectivity index (χ1n) is 6.30. The maximum atomic E-state index is 10.9. The molecule has 0 bridgehead atoms. The van der Waals surface area contributed by atoms with Gasteiger partial charge in [-0.1, -0.05) is 13.8 Å². The van der Waals surface area contributed by atoms with Crippen molar-refractivity contribution in [2.45, 2.75) is 26.7 Å². The van der Waals surface area contributed by atoms with Crippen LogP contribution >= 0.6 is 0 Å². The van der Waals surface area contributed by atoms with Crippen LogP contribution < -0.4 is 15.8 Å². The van der Waals surface area contributed by atoms with E-state index in [-0.39, 0.29) is 12.3 Å². The molecular formula is C11H21N5O2S. The molecule has 1 heterocycles. The molecule has 0 aromatic carbocycles. The van der Waals surface area contributed by atoms with E-state index < -0.39 is 10.0 Å². The summed E-state index contributed by atoms with van der Waals surface area (Å²) in [4.78, 5) is 8.34. The minimum Gasteiger partial charge on any atom is -0.370 e. The number of anilines is 2. The fourth-order valence-electron chi connectivity index (χ4n) is 1.61. The third kappa shape index (κ3) is 5.39. The van der Waals surface area contributed by atoms with Crippen LogP contribution in [0.15, 0.2) is 6.33 Å². The summed E-state index contributed by atoms with van der Waals surface area (Å²) in [5, 5.41) is 11.2. The summed E-state index contributed by atoms with van der Waals surface area (Å²) in [6.45, 7) is 5.14. The average Bonchev–Trinajstić information content (AvgIpc) is 2.34. The predicted octanol–water partition coefficient (Wildman–Crippen LogP) is 0.561. The Morgan fingerprint density at radius 1 is 1.16 bits per heavy atom. The van der Waals surface area contributed by atoms with E-state index in [4.69, 9.17) is 5.14 Å². The molecule has 4 N–H and O–H groups in total. The van der Waals surface area contributed by atoms with Gasteiger partial charge in [0.25, 0.3) is 0 Å². The zero-order chi connectivity index (χ0) is 14.3. The van der Waals surface area contributed by atoms with Crippen LogP contribution in [0.25, 0.3) is 0 Å². The van der Waals surface area contributed by atoms with Gasteiger partial charge >= 0.3 is 0 Å². The summed E-state index contributed by atoms with van der Waals surface area (Å²) in [5.41, 5.74) is 0.949. The van der Waals surface area contributed by atoms with E-state index in [9.17, 15) is 8.42 Å². The number of nitrogens with two attached hydrogens (primary N) is 1. The van der Waals surface area contributed by atoms with Crippen molar-refractivity contribution in [1.82, 2.24) is 9.97 Å². The molecule has 19 heavy (non-hydrogen) atoms. The average molecular weight is 287 g/mol. The fraction of sp³-hybridized carbons (Fsp3) is 0.636. The van der Waals surface area contributed by atoms with E-state index in [1.54, 1.807) is 0 Å². The second kappa shape index (κ2) is 7.25. The molecule has 0 radical (unpaired) electrons. The predicted molar refractivity (Wildman–Crippen MR) is 76.7 cm³/mol. The van der Waals surface area contributed by atoms with Gasteiger partial charge in [0.15, 0.2) is 0 Å². The normalized spacial score (nSPS) is 11.3. The topological polar surface area (TPSA) is 110 Å². The molecule has 0 aliphatic rings. The molecule has 1 aromatic rings. The Balaban J connectivity index is 2.76. The van der Waals surface area contributed by atoms with Crippen LogP contribution in [0.4, 0.5) is 11.6 Å². The molecule has 7 nitrogen and oxygen atoms in total. The Labute approximate surface area is 114 Å². The van der Waals surface area contributed by atoms with Crippen LogP contribution in [0.1, 0.15) is 25.8 Å². The van der Waals surface area contributed by atoms with Gasteiger partial charge in [-0.25, -0.2) is 23.5 Å². The maximum absolute atomic E-state index is 10.9. The number of nitrogens with zero attached hydrogens (tertiary/aromatic N) is 2. The minimum atomic E-state index is -3.46. The quantitative estimate of drug-likeness (QED) is 0.644. The molecule has 8 heteroatoms. The molecule has 0 saturated carbocycles. The van der Waals surface area contributed by atoms with E-state index in [1.807, 2.05) is 6.92 Å². The van der Waals surface area contributed by atoms with Gasteiger partial charge in [-0.2, -0.15) is 0 Å². The van der Waals surface area contributed by atoms with Crippen molar-refractivity contribution in [3.63, 3.8) is 0 Å². The second-order valence-corrected chi connectivity index (χ2v) is 5.86. The zero-order valence-electron chi connectivity index (χ0n) is 11.3. The number of sulfonamides is 1. The summed E-state index contributed by atoms with van der Waals surface area (Å²) >= 11 is 0.